The van der Waals surface area contributed by atoms with Crippen LogP contribution in [0.4, 0.5) is 0 Å². The monoisotopic (exact) mass is 260 g/mol. The molecule has 19 heavy (non-hydrogen) atoms. The minimum Gasteiger partial charge on any atom is -0.496 e. The van der Waals surface area contributed by atoms with Gasteiger partial charge >= 0.3 is 0 Å². The van der Waals surface area contributed by atoms with E-state index in [9.17, 15) is 0 Å². The quantitative estimate of drug-likeness (QED) is 0.849. The van der Waals surface area contributed by atoms with Gasteiger partial charge in [-0.05, 0) is 31.9 Å². The van der Waals surface area contributed by atoms with Gasteiger partial charge in [0.2, 0.25) is 5.82 Å². The Balaban J connectivity index is 1.95. The lowest BCUT2D eigenvalue weighted by molar-refractivity contribution is 0.0835. The van der Waals surface area contributed by atoms with Crippen molar-refractivity contribution in [3.8, 4) is 17.1 Å². The lowest BCUT2D eigenvalue weighted by Gasteiger charge is -2.05. The maximum atomic E-state index is 5.54. The minimum atomic E-state index is -0.0583. The van der Waals surface area contributed by atoms with E-state index in [2.05, 4.69) is 10.1 Å². The molecule has 100 valence electrons. The van der Waals surface area contributed by atoms with E-state index in [1.807, 2.05) is 25.1 Å². The van der Waals surface area contributed by atoms with Gasteiger partial charge in [-0.1, -0.05) is 16.8 Å². The van der Waals surface area contributed by atoms with Gasteiger partial charge in [0.25, 0.3) is 5.89 Å². The van der Waals surface area contributed by atoms with Crippen molar-refractivity contribution in [2.45, 2.75) is 25.9 Å². The summed E-state index contributed by atoms with van der Waals surface area (Å²) in [6.07, 6.45) is 1.92. The zero-order valence-electron chi connectivity index (χ0n) is 11.0. The summed E-state index contributed by atoms with van der Waals surface area (Å²) in [5, 5.41) is 4.03. The van der Waals surface area contributed by atoms with E-state index >= 15 is 0 Å². The van der Waals surface area contributed by atoms with Gasteiger partial charge in [0.1, 0.15) is 11.9 Å². The van der Waals surface area contributed by atoms with Crippen LogP contribution in [-0.2, 0) is 4.74 Å². The van der Waals surface area contributed by atoms with Crippen molar-refractivity contribution < 1.29 is 14.0 Å². The van der Waals surface area contributed by atoms with Crippen molar-refractivity contribution in [2.24, 2.45) is 0 Å². The van der Waals surface area contributed by atoms with Gasteiger partial charge in [-0.3, -0.25) is 0 Å². The predicted molar refractivity (Wildman–Crippen MR) is 69.0 cm³/mol. The molecule has 0 saturated carbocycles. The summed E-state index contributed by atoms with van der Waals surface area (Å²) < 4.78 is 16.2. The first-order valence-electron chi connectivity index (χ1n) is 6.38. The average molecular weight is 260 g/mol. The molecule has 0 bridgehead atoms. The summed E-state index contributed by atoms with van der Waals surface area (Å²) in [4.78, 5) is 4.43. The molecule has 2 aromatic rings. The maximum Gasteiger partial charge on any atom is 0.256 e. The number of hydrogen-bond acceptors (Lipinski definition) is 5. The average Bonchev–Trinajstić information content (AvgIpc) is 3.09. The molecule has 1 aliphatic rings. The maximum absolute atomic E-state index is 5.54. The standard InChI is InChI=1S/C14H16N2O3/c1-9-5-6-11(17-2)10(8-9)13-15-14(19-16-13)12-4-3-7-18-12/h5-6,8,12H,3-4,7H2,1-2H3/t12-/m1/s1. The molecular formula is C14H16N2O3. The summed E-state index contributed by atoms with van der Waals surface area (Å²) in [6, 6.07) is 5.89. The first kappa shape index (κ1) is 12.2. The zero-order chi connectivity index (χ0) is 13.2. The van der Waals surface area contributed by atoms with Crippen molar-refractivity contribution in [2.75, 3.05) is 13.7 Å². The normalized spacial score (nSPS) is 18.7. The van der Waals surface area contributed by atoms with Crippen LogP contribution in [0, 0.1) is 6.92 Å². The molecule has 5 nitrogen and oxygen atoms in total. The molecule has 0 unspecified atom stereocenters. The lowest BCUT2D eigenvalue weighted by atomic mass is 10.1. The van der Waals surface area contributed by atoms with Gasteiger partial charge in [-0.2, -0.15) is 4.98 Å². The molecule has 3 rings (SSSR count). The van der Waals surface area contributed by atoms with Crippen LogP contribution >= 0.6 is 0 Å². The number of aryl methyl sites for hydroxylation is 1. The van der Waals surface area contributed by atoms with Gasteiger partial charge in [-0.15, -0.1) is 0 Å². The summed E-state index contributed by atoms with van der Waals surface area (Å²) >= 11 is 0. The Hall–Kier alpha value is -1.88. The Morgan fingerprint density at radius 3 is 3.00 bits per heavy atom. The molecule has 1 aromatic carbocycles. The van der Waals surface area contributed by atoms with Gasteiger partial charge in [0, 0.05) is 6.61 Å². The first-order valence-corrected chi connectivity index (χ1v) is 6.38. The molecule has 0 radical (unpaired) electrons. The summed E-state index contributed by atoms with van der Waals surface area (Å²) in [5.74, 6) is 1.84. The van der Waals surface area contributed by atoms with E-state index in [1.54, 1.807) is 7.11 Å². The van der Waals surface area contributed by atoms with E-state index < -0.39 is 0 Å². The van der Waals surface area contributed by atoms with Crippen LogP contribution in [0.25, 0.3) is 11.4 Å². The number of rotatable bonds is 3. The first-order chi connectivity index (χ1) is 9.28. The van der Waals surface area contributed by atoms with Gasteiger partial charge in [0.15, 0.2) is 0 Å². The third-order valence-corrected chi connectivity index (χ3v) is 3.24. The van der Waals surface area contributed by atoms with Crippen molar-refractivity contribution in [1.29, 1.82) is 0 Å². The Bertz CT molecular complexity index is 574. The molecule has 0 N–H and O–H groups in total. The highest BCUT2D eigenvalue weighted by molar-refractivity contribution is 5.64. The molecule has 0 amide bonds. The fourth-order valence-electron chi connectivity index (χ4n) is 2.24. The predicted octanol–water partition coefficient (Wildman–Crippen LogP) is 2.91. The molecule has 2 heterocycles. The van der Waals surface area contributed by atoms with E-state index in [1.165, 1.54) is 0 Å². The molecule has 0 aliphatic carbocycles. The molecule has 1 saturated heterocycles. The lowest BCUT2D eigenvalue weighted by Crippen LogP contribution is -1.96. The van der Waals surface area contributed by atoms with Crippen LogP contribution in [0.1, 0.15) is 30.4 Å². The largest absolute Gasteiger partial charge is 0.496 e. The second-order valence-electron chi connectivity index (χ2n) is 4.66. The zero-order valence-corrected chi connectivity index (χ0v) is 11.0. The smallest absolute Gasteiger partial charge is 0.256 e. The van der Waals surface area contributed by atoms with Crippen LogP contribution in [0.15, 0.2) is 22.7 Å². The Morgan fingerprint density at radius 1 is 1.37 bits per heavy atom. The molecule has 5 heteroatoms. The Labute approximate surface area is 111 Å². The van der Waals surface area contributed by atoms with Gasteiger partial charge in [-0.25, -0.2) is 0 Å². The number of benzene rings is 1. The number of aromatic nitrogens is 2. The van der Waals surface area contributed by atoms with Crippen LogP contribution < -0.4 is 4.74 Å². The topological polar surface area (TPSA) is 57.4 Å². The Morgan fingerprint density at radius 2 is 2.26 bits per heavy atom. The van der Waals surface area contributed by atoms with Crippen molar-refractivity contribution in [3.63, 3.8) is 0 Å². The van der Waals surface area contributed by atoms with E-state index in [0.29, 0.717) is 11.7 Å². The van der Waals surface area contributed by atoms with E-state index in [0.717, 1.165) is 36.3 Å². The van der Waals surface area contributed by atoms with Crippen LogP contribution in [0.5, 0.6) is 5.75 Å². The van der Waals surface area contributed by atoms with Crippen molar-refractivity contribution in [3.05, 3.63) is 29.7 Å². The second kappa shape index (κ2) is 5.01. The number of ether oxygens (including phenoxy) is 2. The summed E-state index contributed by atoms with van der Waals surface area (Å²) in [7, 11) is 1.63. The summed E-state index contributed by atoms with van der Waals surface area (Å²) in [6.45, 7) is 2.78. The number of nitrogens with zero attached hydrogens (tertiary/aromatic N) is 2. The summed E-state index contributed by atoms with van der Waals surface area (Å²) in [5.41, 5.74) is 1.97. The van der Waals surface area contributed by atoms with Crippen molar-refractivity contribution >= 4 is 0 Å². The van der Waals surface area contributed by atoms with E-state index in [4.69, 9.17) is 14.0 Å². The molecule has 1 fully saturated rings. The Kier molecular flexibility index (Phi) is 3.21. The van der Waals surface area contributed by atoms with E-state index in [-0.39, 0.29) is 6.10 Å². The molecule has 1 atom stereocenters. The number of hydrogen-bond donors (Lipinski definition) is 0. The molecule has 1 aliphatic heterocycles. The van der Waals surface area contributed by atoms with Crippen LogP contribution in [0.3, 0.4) is 0 Å². The second-order valence-corrected chi connectivity index (χ2v) is 4.66. The minimum absolute atomic E-state index is 0.0583. The number of methoxy groups -OCH3 is 1. The molecular weight excluding hydrogens is 244 g/mol. The van der Waals surface area contributed by atoms with Crippen molar-refractivity contribution in [1.82, 2.24) is 10.1 Å². The highest BCUT2D eigenvalue weighted by atomic mass is 16.5. The fourth-order valence-corrected chi connectivity index (χ4v) is 2.24. The highest BCUT2D eigenvalue weighted by Crippen LogP contribution is 2.32. The fraction of sp³-hybridized carbons (Fsp3) is 0.429. The highest BCUT2D eigenvalue weighted by Gasteiger charge is 2.24. The molecule has 0 spiro atoms. The molecule has 1 aromatic heterocycles. The SMILES string of the molecule is COc1ccc(C)cc1-c1noc([C@H]2CCCO2)n1. The third kappa shape index (κ3) is 2.33. The van der Waals surface area contributed by atoms with Crippen LogP contribution in [0.2, 0.25) is 0 Å². The van der Waals surface area contributed by atoms with Gasteiger partial charge < -0.3 is 14.0 Å². The third-order valence-electron chi connectivity index (χ3n) is 3.24. The van der Waals surface area contributed by atoms with Crippen LogP contribution in [-0.4, -0.2) is 23.9 Å². The van der Waals surface area contributed by atoms with Gasteiger partial charge in [0.05, 0.1) is 12.7 Å².